The molecule has 0 atom stereocenters. The topological polar surface area (TPSA) is 38.3 Å². The zero-order valence-corrected chi connectivity index (χ0v) is 12.4. The van der Waals surface area contributed by atoms with Crippen molar-refractivity contribution in [3.63, 3.8) is 0 Å². The van der Waals surface area contributed by atoms with Crippen LogP contribution in [0.2, 0.25) is 0 Å². The molecule has 3 heteroatoms. The fourth-order valence-electron chi connectivity index (χ4n) is 2.63. The molecule has 20 heavy (non-hydrogen) atoms. The van der Waals surface area contributed by atoms with E-state index in [1.807, 2.05) is 24.3 Å². The molecule has 1 aliphatic carbocycles. The van der Waals surface area contributed by atoms with Gasteiger partial charge in [-0.2, -0.15) is 0 Å². The number of carbonyl (C=O) groups is 1. The van der Waals surface area contributed by atoms with Gasteiger partial charge in [0.2, 0.25) is 0 Å². The van der Waals surface area contributed by atoms with Gasteiger partial charge in [0.05, 0.1) is 0 Å². The van der Waals surface area contributed by atoms with E-state index in [9.17, 15) is 4.79 Å². The number of carbonyl (C=O) groups excluding carboxylic acids is 1. The Labute approximate surface area is 121 Å². The fourth-order valence-corrected chi connectivity index (χ4v) is 2.63. The summed E-state index contributed by atoms with van der Waals surface area (Å²) >= 11 is 0. The molecule has 1 saturated carbocycles. The molecular formula is C17H25NO2. The average Bonchev–Trinajstić information content (AvgIpc) is 2.96. The number of hydrogen-bond acceptors (Lipinski definition) is 3. The zero-order valence-electron chi connectivity index (χ0n) is 12.4. The van der Waals surface area contributed by atoms with Crippen molar-refractivity contribution in [3.8, 4) is 5.75 Å². The normalized spacial score (nSPS) is 15.4. The summed E-state index contributed by atoms with van der Waals surface area (Å²) in [7, 11) is 0. The molecule has 0 bridgehead atoms. The molecular weight excluding hydrogens is 250 g/mol. The van der Waals surface area contributed by atoms with Crippen molar-refractivity contribution in [1.29, 1.82) is 0 Å². The van der Waals surface area contributed by atoms with Crippen molar-refractivity contribution >= 4 is 5.78 Å². The quantitative estimate of drug-likeness (QED) is 0.741. The van der Waals surface area contributed by atoms with Gasteiger partial charge in [-0.15, -0.1) is 0 Å². The highest BCUT2D eigenvalue weighted by Gasteiger charge is 2.13. The van der Waals surface area contributed by atoms with Crippen LogP contribution < -0.4 is 10.1 Å². The predicted octanol–water partition coefficient (Wildman–Crippen LogP) is 3.12. The Hall–Kier alpha value is -1.35. The van der Waals surface area contributed by atoms with E-state index in [0.717, 1.165) is 18.7 Å². The SMILES string of the molecule is CC(=O)CCc1ccc(OCCNC2CCCC2)cc1. The third kappa shape index (κ3) is 5.33. The Kier molecular flexibility index (Phi) is 6.06. The molecule has 0 spiro atoms. The highest BCUT2D eigenvalue weighted by atomic mass is 16.5. The van der Waals surface area contributed by atoms with Gasteiger partial charge in [0.15, 0.2) is 0 Å². The second kappa shape index (κ2) is 8.05. The van der Waals surface area contributed by atoms with Crippen molar-refractivity contribution in [3.05, 3.63) is 29.8 Å². The molecule has 2 rings (SSSR count). The molecule has 0 amide bonds. The van der Waals surface area contributed by atoms with Crippen LogP contribution in [0, 0.1) is 0 Å². The minimum absolute atomic E-state index is 0.239. The van der Waals surface area contributed by atoms with Crippen molar-refractivity contribution in [1.82, 2.24) is 5.32 Å². The van der Waals surface area contributed by atoms with Crippen molar-refractivity contribution in [2.24, 2.45) is 0 Å². The van der Waals surface area contributed by atoms with Crippen LogP contribution in [0.1, 0.15) is 44.6 Å². The highest BCUT2D eigenvalue weighted by Crippen LogP contribution is 2.17. The standard InChI is InChI=1S/C17H25NO2/c1-14(19)6-7-15-8-10-17(11-9-15)20-13-12-18-16-4-2-3-5-16/h8-11,16,18H,2-7,12-13H2,1H3. The van der Waals surface area contributed by atoms with Gasteiger partial charge in [-0.3, -0.25) is 0 Å². The van der Waals surface area contributed by atoms with E-state index in [-0.39, 0.29) is 5.78 Å². The molecule has 0 saturated heterocycles. The first-order chi connectivity index (χ1) is 9.74. The molecule has 110 valence electrons. The van der Waals surface area contributed by atoms with Gasteiger partial charge in [0.1, 0.15) is 18.1 Å². The maximum Gasteiger partial charge on any atom is 0.130 e. The van der Waals surface area contributed by atoms with Crippen LogP contribution in [0.25, 0.3) is 0 Å². The van der Waals surface area contributed by atoms with Crippen LogP contribution in [0.15, 0.2) is 24.3 Å². The first-order valence-electron chi connectivity index (χ1n) is 7.68. The molecule has 0 aromatic heterocycles. The number of rotatable bonds is 8. The number of hydrogen-bond donors (Lipinski definition) is 1. The molecule has 1 aliphatic rings. The Bertz CT molecular complexity index is 408. The first kappa shape index (κ1) is 15.0. The smallest absolute Gasteiger partial charge is 0.130 e. The van der Waals surface area contributed by atoms with Crippen LogP contribution in [-0.2, 0) is 11.2 Å². The summed E-state index contributed by atoms with van der Waals surface area (Å²) in [6.07, 6.45) is 6.78. The van der Waals surface area contributed by atoms with Crippen LogP contribution >= 0.6 is 0 Å². The average molecular weight is 275 g/mol. The molecule has 0 unspecified atom stereocenters. The van der Waals surface area contributed by atoms with Crippen LogP contribution in [0.5, 0.6) is 5.75 Å². The van der Waals surface area contributed by atoms with Gasteiger partial charge < -0.3 is 14.8 Å². The summed E-state index contributed by atoms with van der Waals surface area (Å²) in [5.41, 5.74) is 1.19. The van der Waals surface area contributed by atoms with E-state index < -0.39 is 0 Å². The second-order valence-corrected chi connectivity index (χ2v) is 5.63. The lowest BCUT2D eigenvalue weighted by Crippen LogP contribution is -2.30. The monoisotopic (exact) mass is 275 g/mol. The highest BCUT2D eigenvalue weighted by molar-refractivity contribution is 5.75. The van der Waals surface area contributed by atoms with E-state index >= 15 is 0 Å². The Morgan fingerprint density at radius 1 is 1.25 bits per heavy atom. The maximum atomic E-state index is 10.9. The van der Waals surface area contributed by atoms with Crippen LogP contribution in [-0.4, -0.2) is 25.0 Å². The van der Waals surface area contributed by atoms with Gasteiger partial charge in [-0.05, 0) is 43.9 Å². The van der Waals surface area contributed by atoms with Gasteiger partial charge in [-0.1, -0.05) is 25.0 Å². The molecule has 1 aromatic carbocycles. The lowest BCUT2D eigenvalue weighted by molar-refractivity contribution is -0.116. The number of nitrogens with one attached hydrogen (secondary N) is 1. The molecule has 0 aliphatic heterocycles. The molecule has 3 nitrogen and oxygen atoms in total. The second-order valence-electron chi connectivity index (χ2n) is 5.63. The largest absolute Gasteiger partial charge is 0.492 e. The van der Waals surface area contributed by atoms with E-state index in [0.29, 0.717) is 19.1 Å². The molecule has 1 N–H and O–H groups in total. The Balaban J connectivity index is 1.64. The number of aryl methyl sites for hydroxylation is 1. The van der Waals surface area contributed by atoms with Crippen LogP contribution in [0.3, 0.4) is 0 Å². The van der Waals surface area contributed by atoms with Crippen molar-refractivity contribution in [2.45, 2.75) is 51.5 Å². The summed E-state index contributed by atoms with van der Waals surface area (Å²) in [5, 5.41) is 3.53. The Morgan fingerprint density at radius 3 is 2.60 bits per heavy atom. The number of ether oxygens (including phenoxy) is 1. The number of Topliss-reactive ketones (excluding diaryl/α,β-unsaturated/α-hetero) is 1. The Morgan fingerprint density at radius 2 is 1.95 bits per heavy atom. The lowest BCUT2D eigenvalue weighted by atomic mass is 10.1. The summed E-state index contributed by atoms with van der Waals surface area (Å²) < 4.78 is 5.72. The first-order valence-corrected chi connectivity index (χ1v) is 7.68. The number of ketones is 1. The van der Waals surface area contributed by atoms with Crippen molar-refractivity contribution < 1.29 is 9.53 Å². The molecule has 1 aromatic rings. The summed E-state index contributed by atoms with van der Waals surface area (Å²) in [5.74, 6) is 1.15. The third-order valence-electron chi connectivity index (χ3n) is 3.85. The number of benzene rings is 1. The van der Waals surface area contributed by atoms with Gasteiger partial charge in [0, 0.05) is 19.0 Å². The van der Waals surface area contributed by atoms with E-state index in [2.05, 4.69) is 5.32 Å². The van der Waals surface area contributed by atoms with Crippen molar-refractivity contribution in [2.75, 3.05) is 13.2 Å². The van der Waals surface area contributed by atoms with Crippen LogP contribution in [0.4, 0.5) is 0 Å². The third-order valence-corrected chi connectivity index (χ3v) is 3.85. The molecule has 1 fully saturated rings. The minimum Gasteiger partial charge on any atom is -0.492 e. The molecule has 0 radical (unpaired) electrons. The van der Waals surface area contributed by atoms with E-state index in [1.165, 1.54) is 31.2 Å². The lowest BCUT2D eigenvalue weighted by Gasteiger charge is -2.12. The predicted molar refractivity (Wildman–Crippen MR) is 81.2 cm³/mol. The summed E-state index contributed by atoms with van der Waals surface area (Å²) in [6.45, 7) is 3.26. The fraction of sp³-hybridized carbons (Fsp3) is 0.588. The van der Waals surface area contributed by atoms with E-state index in [4.69, 9.17) is 4.74 Å². The summed E-state index contributed by atoms with van der Waals surface area (Å²) in [6, 6.07) is 8.77. The maximum absolute atomic E-state index is 10.9. The summed E-state index contributed by atoms with van der Waals surface area (Å²) in [4.78, 5) is 10.9. The zero-order chi connectivity index (χ0) is 14.2. The van der Waals surface area contributed by atoms with Gasteiger partial charge >= 0.3 is 0 Å². The van der Waals surface area contributed by atoms with Gasteiger partial charge in [0.25, 0.3) is 0 Å². The van der Waals surface area contributed by atoms with Gasteiger partial charge in [-0.25, -0.2) is 0 Å². The van der Waals surface area contributed by atoms with E-state index in [1.54, 1.807) is 6.92 Å². The molecule has 0 heterocycles. The minimum atomic E-state index is 0.239.